The molecule has 0 amide bonds. The number of halogens is 2. The summed E-state index contributed by atoms with van der Waals surface area (Å²) in [7, 11) is 0. The van der Waals surface area contributed by atoms with Gasteiger partial charge in [0.25, 0.3) is 6.43 Å². The first kappa shape index (κ1) is 6.93. The molecule has 0 bridgehead atoms. The Kier molecular flexibility index (Phi) is 2.01. The van der Waals surface area contributed by atoms with Gasteiger partial charge in [0.1, 0.15) is 6.10 Å². The number of alkyl halides is 2. The fourth-order valence-electron chi connectivity index (χ4n) is 0.798. The van der Waals surface area contributed by atoms with Crippen LogP contribution in [0, 0.1) is 5.92 Å². The number of hydrogen-bond acceptors (Lipinski definition) is 1. The van der Waals surface area contributed by atoms with Crippen LogP contribution in [0.15, 0.2) is 0 Å². The average Bonchev–Trinajstić information content (AvgIpc) is 2.50. The fraction of sp³-hybridized carbons (Fsp3) is 1.00. The molecule has 54 valence electrons. The maximum atomic E-state index is 11.6. The molecule has 1 saturated carbocycles. The van der Waals surface area contributed by atoms with Crippen molar-refractivity contribution in [3.8, 4) is 0 Å². The van der Waals surface area contributed by atoms with Crippen LogP contribution >= 0.6 is 0 Å². The van der Waals surface area contributed by atoms with Gasteiger partial charge < -0.3 is 5.11 Å². The number of rotatable bonds is 3. The highest BCUT2D eigenvalue weighted by atomic mass is 19.3. The minimum absolute atomic E-state index is 0.289. The van der Waals surface area contributed by atoms with E-state index in [0.29, 0.717) is 5.92 Å². The second-order valence-electron chi connectivity index (χ2n) is 2.58. The summed E-state index contributed by atoms with van der Waals surface area (Å²) in [6, 6.07) is 0. The molecule has 0 saturated heterocycles. The van der Waals surface area contributed by atoms with Crippen LogP contribution in [0.1, 0.15) is 19.3 Å². The standard InChI is InChI=1S/C6H10F2O/c7-6(8)5(9)3-4-1-2-4/h4-6,9H,1-3H2. The second-order valence-corrected chi connectivity index (χ2v) is 2.58. The summed E-state index contributed by atoms with van der Waals surface area (Å²) < 4.78 is 23.1. The summed E-state index contributed by atoms with van der Waals surface area (Å²) in [5.41, 5.74) is 0. The molecule has 0 aromatic heterocycles. The molecule has 1 rings (SSSR count). The Hall–Kier alpha value is -0.180. The largest absolute Gasteiger partial charge is 0.387 e. The van der Waals surface area contributed by atoms with Gasteiger partial charge in [-0.05, 0) is 12.3 Å². The molecular weight excluding hydrogens is 126 g/mol. The Morgan fingerprint density at radius 3 is 2.33 bits per heavy atom. The number of aliphatic hydroxyl groups is 1. The molecule has 1 aliphatic carbocycles. The quantitative estimate of drug-likeness (QED) is 0.622. The predicted octanol–water partition coefficient (Wildman–Crippen LogP) is 1.41. The van der Waals surface area contributed by atoms with E-state index in [4.69, 9.17) is 5.11 Å². The minimum Gasteiger partial charge on any atom is -0.387 e. The Morgan fingerprint density at radius 2 is 2.00 bits per heavy atom. The fourth-order valence-corrected chi connectivity index (χ4v) is 0.798. The van der Waals surface area contributed by atoms with Crippen molar-refractivity contribution in [2.45, 2.75) is 31.8 Å². The van der Waals surface area contributed by atoms with Crippen LogP contribution < -0.4 is 0 Å². The van der Waals surface area contributed by atoms with Crippen molar-refractivity contribution in [1.82, 2.24) is 0 Å². The Bertz CT molecular complexity index is 91.1. The van der Waals surface area contributed by atoms with Crippen molar-refractivity contribution in [1.29, 1.82) is 0 Å². The molecule has 1 N–H and O–H groups in total. The molecule has 0 radical (unpaired) electrons. The first-order valence-corrected chi connectivity index (χ1v) is 3.16. The molecule has 3 heteroatoms. The van der Waals surface area contributed by atoms with Crippen LogP contribution in [0.2, 0.25) is 0 Å². The maximum Gasteiger partial charge on any atom is 0.264 e. The molecule has 1 fully saturated rings. The third kappa shape index (κ3) is 2.26. The summed E-state index contributed by atoms with van der Waals surface area (Å²) >= 11 is 0. The van der Waals surface area contributed by atoms with Crippen LogP contribution in [0.25, 0.3) is 0 Å². The molecule has 1 unspecified atom stereocenters. The lowest BCUT2D eigenvalue weighted by Crippen LogP contribution is -2.17. The highest BCUT2D eigenvalue weighted by Crippen LogP contribution is 2.34. The average molecular weight is 136 g/mol. The van der Waals surface area contributed by atoms with E-state index in [1.807, 2.05) is 0 Å². The highest BCUT2D eigenvalue weighted by molar-refractivity contribution is 4.77. The van der Waals surface area contributed by atoms with Gasteiger partial charge in [0, 0.05) is 0 Å². The van der Waals surface area contributed by atoms with Crippen molar-refractivity contribution in [2.75, 3.05) is 0 Å². The number of aliphatic hydroxyl groups excluding tert-OH is 1. The molecule has 1 atom stereocenters. The van der Waals surface area contributed by atoms with Crippen molar-refractivity contribution in [3.63, 3.8) is 0 Å². The molecule has 0 aliphatic heterocycles. The van der Waals surface area contributed by atoms with Crippen LogP contribution in [0.3, 0.4) is 0 Å². The van der Waals surface area contributed by atoms with Gasteiger partial charge in [-0.3, -0.25) is 0 Å². The molecule has 1 aliphatic rings. The van der Waals surface area contributed by atoms with E-state index in [9.17, 15) is 8.78 Å². The van der Waals surface area contributed by atoms with Gasteiger partial charge in [-0.25, -0.2) is 8.78 Å². The zero-order chi connectivity index (χ0) is 6.85. The molecule has 0 spiro atoms. The normalized spacial score (nSPS) is 22.7. The molecule has 0 heterocycles. The predicted molar refractivity (Wildman–Crippen MR) is 29.4 cm³/mol. The molecule has 0 aromatic rings. The van der Waals surface area contributed by atoms with Gasteiger partial charge in [0.05, 0.1) is 0 Å². The third-order valence-electron chi connectivity index (χ3n) is 1.56. The Balaban J connectivity index is 2.09. The summed E-state index contributed by atoms with van der Waals surface area (Å²) in [5, 5.41) is 8.59. The van der Waals surface area contributed by atoms with E-state index in [2.05, 4.69) is 0 Å². The monoisotopic (exact) mass is 136 g/mol. The summed E-state index contributed by atoms with van der Waals surface area (Å²) in [6.07, 6.45) is -1.60. The molecule has 0 aromatic carbocycles. The van der Waals surface area contributed by atoms with Crippen LogP contribution in [0.4, 0.5) is 8.78 Å². The smallest absolute Gasteiger partial charge is 0.264 e. The van der Waals surface area contributed by atoms with Gasteiger partial charge in [-0.2, -0.15) is 0 Å². The minimum atomic E-state index is -2.55. The zero-order valence-electron chi connectivity index (χ0n) is 5.06. The van der Waals surface area contributed by atoms with Crippen molar-refractivity contribution < 1.29 is 13.9 Å². The Labute approximate surface area is 52.7 Å². The van der Waals surface area contributed by atoms with E-state index < -0.39 is 12.5 Å². The van der Waals surface area contributed by atoms with E-state index in [0.717, 1.165) is 12.8 Å². The lowest BCUT2D eigenvalue weighted by Gasteiger charge is -2.06. The zero-order valence-corrected chi connectivity index (χ0v) is 5.06. The van der Waals surface area contributed by atoms with E-state index in [-0.39, 0.29) is 6.42 Å². The molecule has 9 heavy (non-hydrogen) atoms. The van der Waals surface area contributed by atoms with Crippen LogP contribution in [-0.4, -0.2) is 17.6 Å². The summed E-state index contributed by atoms with van der Waals surface area (Å²) in [5.74, 6) is 0.383. The van der Waals surface area contributed by atoms with E-state index in [1.165, 1.54) is 0 Å². The molecule has 1 nitrogen and oxygen atoms in total. The van der Waals surface area contributed by atoms with Gasteiger partial charge in [-0.1, -0.05) is 12.8 Å². The Morgan fingerprint density at radius 1 is 1.44 bits per heavy atom. The van der Waals surface area contributed by atoms with E-state index in [1.54, 1.807) is 0 Å². The van der Waals surface area contributed by atoms with Crippen LogP contribution in [0.5, 0.6) is 0 Å². The van der Waals surface area contributed by atoms with Gasteiger partial charge in [-0.15, -0.1) is 0 Å². The van der Waals surface area contributed by atoms with Crippen LogP contribution in [-0.2, 0) is 0 Å². The first-order chi connectivity index (χ1) is 4.20. The third-order valence-corrected chi connectivity index (χ3v) is 1.56. The van der Waals surface area contributed by atoms with Crippen molar-refractivity contribution >= 4 is 0 Å². The van der Waals surface area contributed by atoms with Gasteiger partial charge in [0.2, 0.25) is 0 Å². The van der Waals surface area contributed by atoms with E-state index >= 15 is 0 Å². The SMILES string of the molecule is OC(CC1CC1)C(F)F. The molecular formula is C6H10F2O. The number of hydrogen-bond donors (Lipinski definition) is 1. The van der Waals surface area contributed by atoms with Gasteiger partial charge in [0.15, 0.2) is 0 Å². The summed E-state index contributed by atoms with van der Waals surface area (Å²) in [4.78, 5) is 0. The van der Waals surface area contributed by atoms with Gasteiger partial charge >= 0.3 is 0 Å². The topological polar surface area (TPSA) is 20.2 Å². The summed E-state index contributed by atoms with van der Waals surface area (Å²) in [6.45, 7) is 0. The lowest BCUT2D eigenvalue weighted by atomic mass is 10.2. The lowest BCUT2D eigenvalue weighted by molar-refractivity contribution is -0.0117. The van der Waals surface area contributed by atoms with Crippen molar-refractivity contribution in [2.24, 2.45) is 5.92 Å². The van der Waals surface area contributed by atoms with Crippen molar-refractivity contribution in [3.05, 3.63) is 0 Å². The second kappa shape index (κ2) is 2.60. The first-order valence-electron chi connectivity index (χ1n) is 3.16. The highest BCUT2D eigenvalue weighted by Gasteiger charge is 2.28. The maximum absolute atomic E-state index is 11.6.